The first-order chi connectivity index (χ1) is 16.3. The van der Waals surface area contributed by atoms with Crippen molar-refractivity contribution in [1.29, 1.82) is 0 Å². The van der Waals surface area contributed by atoms with Crippen LogP contribution in [0, 0.1) is 17.0 Å². The molecule has 0 atom stereocenters. The average Bonchev–Trinajstić information content (AvgIpc) is 2.82. The van der Waals surface area contributed by atoms with Crippen LogP contribution >= 0.6 is 0 Å². The molecule has 2 amide bonds. The molecular weight excluding hydrogens is 440 g/mol. The SMILES string of the molecule is COc1ccc(/C=N\NC(=O)c2ccc([N+](=O)[O-])c(C)c2)cc1COc1ccccc1C(N)=O. The van der Waals surface area contributed by atoms with Gasteiger partial charge in [0.2, 0.25) is 0 Å². The summed E-state index contributed by atoms with van der Waals surface area (Å²) in [7, 11) is 1.52. The lowest BCUT2D eigenvalue weighted by Crippen LogP contribution is -2.17. The van der Waals surface area contributed by atoms with Crippen molar-refractivity contribution in [2.75, 3.05) is 7.11 Å². The first-order valence-electron chi connectivity index (χ1n) is 10.1. The molecule has 0 spiro atoms. The van der Waals surface area contributed by atoms with Gasteiger partial charge in [-0.25, -0.2) is 5.43 Å². The van der Waals surface area contributed by atoms with Crippen molar-refractivity contribution >= 4 is 23.7 Å². The summed E-state index contributed by atoms with van der Waals surface area (Å²) in [4.78, 5) is 34.3. The van der Waals surface area contributed by atoms with E-state index in [9.17, 15) is 19.7 Å². The van der Waals surface area contributed by atoms with Gasteiger partial charge in [0.1, 0.15) is 18.1 Å². The summed E-state index contributed by atoms with van der Waals surface area (Å²) >= 11 is 0. The summed E-state index contributed by atoms with van der Waals surface area (Å²) in [6.07, 6.45) is 1.44. The Kier molecular flexibility index (Phi) is 7.55. The Morgan fingerprint density at radius 3 is 2.56 bits per heavy atom. The molecule has 3 rings (SSSR count). The third-order valence-corrected chi connectivity index (χ3v) is 4.88. The largest absolute Gasteiger partial charge is 0.496 e. The molecule has 10 heteroatoms. The standard InChI is InChI=1S/C24H22N4O6/c1-15-11-17(8-9-20(15)28(31)32)24(30)27-26-13-16-7-10-21(33-2)18(12-16)14-34-22-6-4-3-5-19(22)23(25)29/h3-13H,14H2,1-2H3,(H2,25,29)(H,27,30)/b26-13-. The molecular formula is C24H22N4O6. The summed E-state index contributed by atoms with van der Waals surface area (Å²) in [6, 6.07) is 15.9. The highest BCUT2D eigenvalue weighted by Crippen LogP contribution is 2.24. The van der Waals surface area contributed by atoms with E-state index < -0.39 is 16.7 Å². The van der Waals surface area contributed by atoms with Crippen LogP contribution in [0.1, 0.15) is 37.4 Å². The highest BCUT2D eigenvalue weighted by atomic mass is 16.6. The maximum absolute atomic E-state index is 12.3. The van der Waals surface area contributed by atoms with Gasteiger partial charge in [-0.15, -0.1) is 0 Å². The van der Waals surface area contributed by atoms with Gasteiger partial charge in [0.15, 0.2) is 0 Å². The van der Waals surface area contributed by atoms with E-state index >= 15 is 0 Å². The van der Waals surface area contributed by atoms with E-state index in [4.69, 9.17) is 15.2 Å². The smallest absolute Gasteiger partial charge is 0.272 e. The number of hydrogen-bond donors (Lipinski definition) is 2. The van der Waals surface area contributed by atoms with E-state index in [1.807, 2.05) is 0 Å². The molecule has 0 unspecified atom stereocenters. The lowest BCUT2D eigenvalue weighted by Gasteiger charge is -2.12. The lowest BCUT2D eigenvalue weighted by atomic mass is 10.1. The Hall–Kier alpha value is -4.73. The first-order valence-corrected chi connectivity index (χ1v) is 10.1. The second kappa shape index (κ2) is 10.7. The van der Waals surface area contributed by atoms with Crippen molar-refractivity contribution < 1.29 is 24.0 Å². The van der Waals surface area contributed by atoms with Crippen LogP contribution in [-0.2, 0) is 6.61 Å². The monoisotopic (exact) mass is 462 g/mol. The van der Waals surface area contributed by atoms with Crippen molar-refractivity contribution in [2.24, 2.45) is 10.8 Å². The fourth-order valence-corrected chi connectivity index (χ4v) is 3.17. The Labute approximate surface area is 195 Å². The summed E-state index contributed by atoms with van der Waals surface area (Å²) < 4.78 is 11.1. The zero-order valence-electron chi connectivity index (χ0n) is 18.5. The van der Waals surface area contributed by atoms with Gasteiger partial charge >= 0.3 is 0 Å². The minimum Gasteiger partial charge on any atom is -0.496 e. The van der Waals surface area contributed by atoms with Crippen LogP contribution in [0.15, 0.2) is 65.8 Å². The molecule has 174 valence electrons. The fraction of sp³-hybridized carbons (Fsp3) is 0.125. The van der Waals surface area contributed by atoms with Gasteiger partial charge in [-0.1, -0.05) is 12.1 Å². The van der Waals surface area contributed by atoms with Crippen LogP contribution < -0.4 is 20.6 Å². The summed E-state index contributed by atoms with van der Waals surface area (Å²) in [5.74, 6) is -0.183. The van der Waals surface area contributed by atoms with E-state index in [0.29, 0.717) is 28.2 Å². The molecule has 3 aromatic carbocycles. The van der Waals surface area contributed by atoms with Gasteiger partial charge in [-0.2, -0.15) is 5.10 Å². The van der Waals surface area contributed by atoms with Gasteiger partial charge in [0.25, 0.3) is 17.5 Å². The van der Waals surface area contributed by atoms with Crippen LogP contribution in [0.3, 0.4) is 0 Å². The summed E-state index contributed by atoms with van der Waals surface area (Å²) in [5, 5.41) is 14.9. The number of nitrogens with zero attached hydrogens (tertiary/aromatic N) is 2. The Bertz CT molecular complexity index is 1270. The Balaban J connectivity index is 1.70. The van der Waals surface area contributed by atoms with Gasteiger partial charge in [0, 0.05) is 22.8 Å². The number of benzene rings is 3. The maximum atomic E-state index is 12.3. The van der Waals surface area contributed by atoms with Crippen molar-refractivity contribution in [2.45, 2.75) is 13.5 Å². The molecule has 3 aromatic rings. The summed E-state index contributed by atoms with van der Waals surface area (Å²) in [6.45, 7) is 1.66. The van der Waals surface area contributed by atoms with Gasteiger partial charge in [0.05, 0.1) is 23.8 Å². The number of carbonyl (C=O) groups is 2. The zero-order chi connectivity index (χ0) is 24.7. The number of para-hydroxylation sites is 1. The Morgan fingerprint density at radius 1 is 1.12 bits per heavy atom. The maximum Gasteiger partial charge on any atom is 0.272 e. The quantitative estimate of drug-likeness (QED) is 0.283. The highest BCUT2D eigenvalue weighted by Gasteiger charge is 2.14. The molecule has 0 aliphatic heterocycles. The highest BCUT2D eigenvalue weighted by molar-refractivity contribution is 5.96. The number of primary amides is 1. The van der Waals surface area contributed by atoms with Gasteiger partial charge in [-0.05, 0) is 55.0 Å². The number of hydrazone groups is 1. The normalized spacial score (nSPS) is 10.6. The number of nitro benzene ring substituents is 1. The third kappa shape index (κ3) is 5.74. The Morgan fingerprint density at radius 2 is 1.88 bits per heavy atom. The number of hydrogen-bond acceptors (Lipinski definition) is 7. The zero-order valence-corrected chi connectivity index (χ0v) is 18.5. The molecule has 0 heterocycles. The van der Waals surface area contributed by atoms with E-state index in [2.05, 4.69) is 10.5 Å². The number of ether oxygens (including phenoxy) is 2. The van der Waals surface area contributed by atoms with Crippen LogP contribution in [0.5, 0.6) is 11.5 Å². The number of rotatable bonds is 9. The predicted molar refractivity (Wildman–Crippen MR) is 125 cm³/mol. The van der Waals surface area contributed by atoms with E-state index in [1.54, 1.807) is 49.4 Å². The van der Waals surface area contributed by atoms with E-state index in [0.717, 1.165) is 0 Å². The van der Waals surface area contributed by atoms with Crippen LogP contribution in [0.2, 0.25) is 0 Å². The molecule has 0 bridgehead atoms. The van der Waals surface area contributed by atoms with Crippen LogP contribution in [0.25, 0.3) is 0 Å². The van der Waals surface area contributed by atoms with Gasteiger partial charge in [-0.3, -0.25) is 19.7 Å². The molecule has 0 aliphatic carbocycles. The fourth-order valence-electron chi connectivity index (χ4n) is 3.17. The number of nitrogens with one attached hydrogen (secondary N) is 1. The van der Waals surface area contributed by atoms with Crippen molar-refractivity contribution in [3.8, 4) is 11.5 Å². The summed E-state index contributed by atoms with van der Waals surface area (Å²) in [5.41, 5.74) is 9.95. The second-order valence-electron chi connectivity index (χ2n) is 7.18. The number of amides is 2. The molecule has 0 saturated heterocycles. The number of carbonyl (C=O) groups excluding carboxylic acids is 2. The number of methoxy groups -OCH3 is 1. The molecule has 10 nitrogen and oxygen atoms in total. The predicted octanol–water partition coefficient (Wildman–Crippen LogP) is 3.35. The minimum atomic E-state index is -0.595. The number of nitrogens with two attached hydrogens (primary N) is 1. The van der Waals surface area contributed by atoms with Crippen LogP contribution in [-0.4, -0.2) is 30.1 Å². The second-order valence-corrected chi connectivity index (χ2v) is 7.18. The van der Waals surface area contributed by atoms with Gasteiger partial charge < -0.3 is 15.2 Å². The van der Waals surface area contributed by atoms with Crippen LogP contribution in [0.4, 0.5) is 5.69 Å². The number of nitro groups is 1. The molecule has 34 heavy (non-hydrogen) atoms. The molecule has 0 saturated carbocycles. The topological polar surface area (TPSA) is 146 Å². The molecule has 0 fully saturated rings. The molecule has 0 aromatic heterocycles. The van der Waals surface area contributed by atoms with Crippen molar-refractivity contribution in [3.05, 3.63) is 98.6 Å². The number of aryl methyl sites for hydroxylation is 1. The average molecular weight is 462 g/mol. The molecule has 0 radical (unpaired) electrons. The van der Waals surface area contributed by atoms with E-state index in [-0.39, 0.29) is 23.4 Å². The van der Waals surface area contributed by atoms with E-state index in [1.165, 1.54) is 31.5 Å². The lowest BCUT2D eigenvalue weighted by molar-refractivity contribution is -0.385. The van der Waals surface area contributed by atoms with Crippen molar-refractivity contribution in [1.82, 2.24) is 5.43 Å². The minimum absolute atomic E-state index is 0.0634. The molecule has 0 aliphatic rings. The third-order valence-electron chi connectivity index (χ3n) is 4.88. The molecule has 3 N–H and O–H groups in total. The first kappa shape index (κ1) is 23.9. The van der Waals surface area contributed by atoms with Crippen molar-refractivity contribution in [3.63, 3.8) is 0 Å².